The first kappa shape index (κ1) is 23.4. The van der Waals surface area contributed by atoms with Crippen LogP contribution in [0.25, 0.3) is 11.3 Å². The number of aryl methyl sites for hydroxylation is 1. The van der Waals surface area contributed by atoms with E-state index in [1.165, 1.54) is 17.6 Å². The molecule has 2 bridgehead atoms. The first-order valence-electron chi connectivity index (χ1n) is 11.8. The lowest BCUT2D eigenvalue weighted by Crippen LogP contribution is -2.32. The third-order valence-electron chi connectivity index (χ3n) is 7.54. The summed E-state index contributed by atoms with van der Waals surface area (Å²) in [6.07, 6.45) is 3.50. The summed E-state index contributed by atoms with van der Waals surface area (Å²) in [5.74, 6) is 0.466. The molecule has 2 unspecified atom stereocenters. The number of fused-ring (bicyclic) bond motifs is 2. The summed E-state index contributed by atoms with van der Waals surface area (Å²) in [5, 5.41) is 9.40. The number of nitrogens with one attached hydrogen (secondary N) is 1. The topological polar surface area (TPSA) is 46.9 Å². The summed E-state index contributed by atoms with van der Waals surface area (Å²) < 4.78 is 1.92. The first-order chi connectivity index (χ1) is 16.3. The quantitative estimate of drug-likeness (QED) is 0.335. The number of hydrogen-bond donors (Lipinski definition) is 1. The number of allylic oxidation sites excluding steroid dienone is 2. The molecule has 0 radical (unpaired) electrons. The van der Waals surface area contributed by atoms with Crippen molar-refractivity contribution in [2.75, 3.05) is 0 Å². The predicted molar refractivity (Wildman–Crippen MR) is 141 cm³/mol. The van der Waals surface area contributed by atoms with Crippen molar-refractivity contribution in [1.82, 2.24) is 15.1 Å². The molecule has 6 heteroatoms. The fourth-order valence-electron chi connectivity index (χ4n) is 5.53. The van der Waals surface area contributed by atoms with Gasteiger partial charge in [-0.15, -0.1) is 0 Å². The molecule has 0 aliphatic heterocycles. The molecular formula is C28H29BrClN3O. The summed E-state index contributed by atoms with van der Waals surface area (Å²) >= 11 is 9.88. The third kappa shape index (κ3) is 4.25. The highest BCUT2D eigenvalue weighted by Crippen LogP contribution is 2.55. The van der Waals surface area contributed by atoms with Crippen LogP contribution < -0.4 is 5.32 Å². The lowest BCUT2D eigenvalue weighted by atomic mass is 9.85. The number of carbonyl (C=O) groups is 1. The molecule has 0 saturated heterocycles. The summed E-state index contributed by atoms with van der Waals surface area (Å²) in [6.45, 7) is 7.10. The average Bonchev–Trinajstić information content (AvgIpc) is 3.48. The zero-order valence-electron chi connectivity index (χ0n) is 19.8. The number of rotatable bonds is 6. The van der Waals surface area contributed by atoms with E-state index in [9.17, 15) is 4.79 Å². The van der Waals surface area contributed by atoms with E-state index in [1.807, 2.05) is 22.9 Å². The second-order valence-corrected chi connectivity index (χ2v) is 11.0. The smallest absolute Gasteiger partial charge is 0.275 e. The number of hydrogen-bond acceptors (Lipinski definition) is 2. The Morgan fingerprint density at radius 1 is 1.21 bits per heavy atom. The molecule has 2 aromatic carbocycles. The molecule has 1 fully saturated rings. The highest BCUT2D eigenvalue weighted by Gasteiger charge is 2.46. The van der Waals surface area contributed by atoms with Gasteiger partial charge in [0.15, 0.2) is 5.69 Å². The van der Waals surface area contributed by atoms with E-state index in [0.29, 0.717) is 23.5 Å². The standard InChI is InChI=1S/C28H29BrClN3O/c1-17-4-6-19(7-5-17)16-33-25(20-8-9-23(30)22(12-20)15-29)13-24(32-33)27(34)31-26-18(2)21-10-11-28(26,3)14-21/h4-9,12-13,21H,10-11,14-16H2,1-3H3,(H,31,34). The van der Waals surface area contributed by atoms with Gasteiger partial charge in [-0.3, -0.25) is 9.48 Å². The van der Waals surface area contributed by atoms with Crippen LogP contribution in [0.4, 0.5) is 0 Å². The van der Waals surface area contributed by atoms with Gasteiger partial charge in [-0.05, 0) is 68.4 Å². The largest absolute Gasteiger partial charge is 0.324 e. The van der Waals surface area contributed by atoms with Gasteiger partial charge in [0.05, 0.1) is 12.2 Å². The molecule has 2 aliphatic rings. The van der Waals surface area contributed by atoms with Crippen LogP contribution in [-0.2, 0) is 11.9 Å². The van der Waals surface area contributed by atoms with Crippen molar-refractivity contribution in [3.8, 4) is 11.3 Å². The van der Waals surface area contributed by atoms with E-state index in [-0.39, 0.29) is 11.3 Å². The van der Waals surface area contributed by atoms with E-state index in [4.69, 9.17) is 16.7 Å². The fraction of sp³-hybridized carbons (Fsp3) is 0.357. The number of nitrogens with zero attached hydrogens (tertiary/aromatic N) is 2. The maximum atomic E-state index is 13.4. The predicted octanol–water partition coefficient (Wildman–Crippen LogP) is 7.28. The molecule has 5 rings (SSSR count). The molecule has 3 aromatic rings. The normalized spacial score (nSPS) is 21.4. The molecule has 2 aliphatic carbocycles. The van der Waals surface area contributed by atoms with Gasteiger partial charge >= 0.3 is 0 Å². The third-order valence-corrected chi connectivity index (χ3v) is 8.51. The number of alkyl halides is 1. The van der Waals surface area contributed by atoms with Crippen LogP contribution in [0.15, 0.2) is 59.8 Å². The molecule has 1 aromatic heterocycles. The van der Waals surface area contributed by atoms with Crippen molar-refractivity contribution >= 4 is 33.4 Å². The van der Waals surface area contributed by atoms with E-state index >= 15 is 0 Å². The Bertz CT molecular complexity index is 1290. The van der Waals surface area contributed by atoms with Crippen molar-refractivity contribution in [2.45, 2.75) is 51.9 Å². The molecule has 4 nitrogen and oxygen atoms in total. The van der Waals surface area contributed by atoms with Crippen LogP contribution in [0.5, 0.6) is 0 Å². The van der Waals surface area contributed by atoms with Crippen molar-refractivity contribution in [3.05, 3.63) is 87.2 Å². The molecule has 1 N–H and O–H groups in total. The van der Waals surface area contributed by atoms with Crippen LogP contribution in [-0.4, -0.2) is 15.7 Å². The average molecular weight is 539 g/mol. The molecule has 1 saturated carbocycles. The molecule has 1 amide bonds. The Hall–Kier alpha value is -2.37. The Balaban J connectivity index is 1.51. The minimum atomic E-state index is -0.137. The second kappa shape index (κ2) is 9.01. The van der Waals surface area contributed by atoms with E-state index in [2.05, 4.69) is 72.3 Å². The van der Waals surface area contributed by atoms with Gasteiger partial charge < -0.3 is 5.32 Å². The van der Waals surface area contributed by atoms with Gasteiger partial charge in [-0.1, -0.05) is 75.9 Å². The Labute approximate surface area is 214 Å². The second-order valence-electron chi connectivity index (χ2n) is 10.0. The van der Waals surface area contributed by atoms with Crippen LogP contribution in [0.2, 0.25) is 5.02 Å². The minimum absolute atomic E-state index is 0.0820. The highest BCUT2D eigenvalue weighted by molar-refractivity contribution is 9.08. The molecule has 1 heterocycles. The number of amides is 1. The van der Waals surface area contributed by atoms with Crippen molar-refractivity contribution in [3.63, 3.8) is 0 Å². The summed E-state index contributed by atoms with van der Waals surface area (Å²) in [4.78, 5) is 13.4. The van der Waals surface area contributed by atoms with Crippen molar-refractivity contribution in [2.24, 2.45) is 11.3 Å². The maximum absolute atomic E-state index is 13.4. The number of carbonyl (C=O) groups excluding carboxylic acids is 1. The summed E-state index contributed by atoms with van der Waals surface area (Å²) in [6, 6.07) is 16.3. The zero-order chi connectivity index (χ0) is 24.0. The van der Waals surface area contributed by atoms with Gasteiger partial charge in [-0.2, -0.15) is 5.10 Å². The van der Waals surface area contributed by atoms with Crippen LogP contribution in [0, 0.1) is 18.3 Å². The Morgan fingerprint density at radius 2 is 1.97 bits per heavy atom. The van der Waals surface area contributed by atoms with Gasteiger partial charge in [0.25, 0.3) is 5.91 Å². The molecule has 176 valence electrons. The van der Waals surface area contributed by atoms with Crippen LogP contribution in [0.1, 0.15) is 60.3 Å². The van der Waals surface area contributed by atoms with Gasteiger partial charge in [0, 0.05) is 27.0 Å². The number of halogens is 2. The van der Waals surface area contributed by atoms with Gasteiger partial charge in [0.2, 0.25) is 0 Å². The number of benzene rings is 2. The van der Waals surface area contributed by atoms with Crippen molar-refractivity contribution < 1.29 is 4.79 Å². The molecule has 2 atom stereocenters. The van der Waals surface area contributed by atoms with Crippen molar-refractivity contribution in [1.29, 1.82) is 0 Å². The van der Waals surface area contributed by atoms with Gasteiger partial charge in [-0.25, -0.2) is 0 Å². The summed E-state index contributed by atoms with van der Waals surface area (Å²) in [5.41, 5.74) is 8.20. The summed E-state index contributed by atoms with van der Waals surface area (Å²) in [7, 11) is 0. The van der Waals surface area contributed by atoms with E-state index in [1.54, 1.807) is 0 Å². The fourth-order valence-corrected chi connectivity index (χ4v) is 6.34. The zero-order valence-corrected chi connectivity index (χ0v) is 22.1. The molecule has 34 heavy (non-hydrogen) atoms. The molecular weight excluding hydrogens is 510 g/mol. The Morgan fingerprint density at radius 3 is 2.65 bits per heavy atom. The SMILES string of the molecule is CC1=C(NC(=O)c2cc(-c3ccc(Cl)c(CBr)c3)n(Cc3ccc(C)cc3)n2)C2(C)CCC1C2. The minimum Gasteiger partial charge on any atom is -0.324 e. The van der Waals surface area contributed by atoms with E-state index < -0.39 is 0 Å². The van der Waals surface area contributed by atoms with Crippen LogP contribution in [0.3, 0.4) is 0 Å². The van der Waals surface area contributed by atoms with Gasteiger partial charge in [0.1, 0.15) is 0 Å². The Kier molecular flexibility index (Phi) is 6.19. The maximum Gasteiger partial charge on any atom is 0.275 e. The molecule has 0 spiro atoms. The van der Waals surface area contributed by atoms with E-state index in [0.717, 1.165) is 45.9 Å². The number of aromatic nitrogens is 2. The first-order valence-corrected chi connectivity index (χ1v) is 13.3. The van der Waals surface area contributed by atoms with Crippen LogP contribution >= 0.6 is 27.5 Å². The lowest BCUT2D eigenvalue weighted by molar-refractivity contribution is 0.0950. The lowest BCUT2D eigenvalue weighted by Gasteiger charge is -2.27. The monoisotopic (exact) mass is 537 g/mol. The highest BCUT2D eigenvalue weighted by atomic mass is 79.9.